The predicted molar refractivity (Wildman–Crippen MR) is 155 cm³/mol. The highest BCUT2D eigenvalue weighted by Gasteiger charge is 2.14. The third kappa shape index (κ3) is 6.10. The van der Waals surface area contributed by atoms with E-state index in [1.54, 1.807) is 48.8 Å². The van der Waals surface area contributed by atoms with E-state index in [2.05, 4.69) is 27.2 Å². The number of thiophene rings is 2. The Hall–Kier alpha value is -3.05. The number of rotatable bonds is 9. The quantitative estimate of drug-likeness (QED) is 0.107. The van der Waals surface area contributed by atoms with Crippen LogP contribution in [0, 0.1) is 12.7 Å². The summed E-state index contributed by atoms with van der Waals surface area (Å²) in [5, 5.41) is 2.62. The number of aromatic nitrogens is 2. The molecule has 5 rings (SSSR count). The number of benzene rings is 2. The van der Waals surface area contributed by atoms with E-state index in [0.717, 1.165) is 31.7 Å². The minimum atomic E-state index is -0.261. The first-order valence-electron chi connectivity index (χ1n) is 11.2. The van der Waals surface area contributed by atoms with Crippen LogP contribution >= 0.6 is 46.4 Å². The molecule has 188 valence electrons. The Balaban J connectivity index is 1.30. The van der Waals surface area contributed by atoms with Gasteiger partial charge in [0, 0.05) is 43.3 Å². The molecule has 0 aliphatic heterocycles. The van der Waals surface area contributed by atoms with E-state index in [1.807, 2.05) is 30.3 Å². The molecule has 3 heterocycles. The summed E-state index contributed by atoms with van der Waals surface area (Å²) in [5.41, 5.74) is 3.02. The van der Waals surface area contributed by atoms with E-state index in [0.29, 0.717) is 22.2 Å². The molecular formula is C27H22FN3O2S4. The lowest BCUT2D eigenvalue weighted by molar-refractivity contribution is 0.411. The average Bonchev–Trinajstić information content (AvgIpc) is 3.62. The zero-order valence-corrected chi connectivity index (χ0v) is 23.2. The molecule has 0 bridgehead atoms. The van der Waals surface area contributed by atoms with Gasteiger partial charge in [-0.05, 0) is 72.8 Å². The predicted octanol–water partition coefficient (Wildman–Crippen LogP) is 8.09. The number of thioether (sulfide) groups is 1. The van der Waals surface area contributed by atoms with Crippen LogP contribution in [0.15, 0.2) is 87.0 Å². The van der Waals surface area contributed by atoms with Crippen molar-refractivity contribution in [1.29, 1.82) is 0 Å². The first-order valence-corrected chi connectivity index (χ1v) is 14.7. The van der Waals surface area contributed by atoms with Gasteiger partial charge in [-0.15, -0.1) is 22.7 Å². The molecule has 5 nitrogen and oxygen atoms in total. The van der Waals surface area contributed by atoms with E-state index in [4.69, 9.17) is 9.72 Å². The third-order valence-electron chi connectivity index (χ3n) is 5.48. The summed E-state index contributed by atoms with van der Waals surface area (Å²) in [6, 6.07) is 20.4. The maximum Gasteiger partial charge on any atom is 0.255 e. The summed E-state index contributed by atoms with van der Waals surface area (Å²) in [6.45, 7) is 1.80. The van der Waals surface area contributed by atoms with Crippen LogP contribution in [0.1, 0.15) is 11.1 Å². The third-order valence-corrected chi connectivity index (χ3v) is 9.41. The van der Waals surface area contributed by atoms with Crippen molar-refractivity contribution >= 4 is 52.1 Å². The van der Waals surface area contributed by atoms with Gasteiger partial charge >= 0.3 is 0 Å². The molecule has 0 aliphatic carbocycles. The Morgan fingerprint density at radius 2 is 1.86 bits per heavy atom. The van der Waals surface area contributed by atoms with Crippen molar-refractivity contribution in [3.05, 3.63) is 99.4 Å². The van der Waals surface area contributed by atoms with Crippen LogP contribution in [0.3, 0.4) is 0 Å². The van der Waals surface area contributed by atoms with E-state index in [-0.39, 0.29) is 11.4 Å². The number of nitrogens with zero attached hydrogens (tertiary/aromatic N) is 1. The fourth-order valence-corrected chi connectivity index (χ4v) is 6.90. The lowest BCUT2D eigenvalue weighted by Crippen LogP contribution is -2.13. The summed E-state index contributed by atoms with van der Waals surface area (Å²) in [4.78, 5) is 24.6. The number of aromatic amines is 1. The van der Waals surface area contributed by atoms with Crippen molar-refractivity contribution in [3.63, 3.8) is 0 Å². The molecule has 3 aromatic heterocycles. The summed E-state index contributed by atoms with van der Waals surface area (Å²) < 4.78 is 22.0. The van der Waals surface area contributed by atoms with Crippen LogP contribution in [0.25, 0.3) is 20.3 Å². The van der Waals surface area contributed by atoms with E-state index in [1.165, 1.54) is 40.7 Å². The smallest absolute Gasteiger partial charge is 0.255 e. The molecule has 2 N–H and O–H groups in total. The summed E-state index contributed by atoms with van der Waals surface area (Å²) in [7, 11) is 1.63. The van der Waals surface area contributed by atoms with Gasteiger partial charge in [0.1, 0.15) is 11.6 Å². The maximum absolute atomic E-state index is 13.1. The lowest BCUT2D eigenvalue weighted by Gasteiger charge is -2.12. The van der Waals surface area contributed by atoms with Crippen molar-refractivity contribution in [2.45, 2.75) is 22.7 Å². The summed E-state index contributed by atoms with van der Waals surface area (Å²) in [5.74, 6) is 1.04. The molecule has 2 aromatic carbocycles. The highest BCUT2D eigenvalue weighted by atomic mass is 32.2. The second-order valence-corrected chi connectivity index (χ2v) is 11.8. The zero-order valence-electron chi connectivity index (χ0n) is 19.9. The molecule has 0 spiro atoms. The van der Waals surface area contributed by atoms with Gasteiger partial charge in [0.2, 0.25) is 0 Å². The van der Waals surface area contributed by atoms with Crippen LogP contribution in [0.4, 0.5) is 10.1 Å². The monoisotopic (exact) mass is 567 g/mol. The van der Waals surface area contributed by atoms with E-state index >= 15 is 0 Å². The fraction of sp³-hybridized carbons (Fsp3) is 0.111. The minimum absolute atomic E-state index is 0.136. The van der Waals surface area contributed by atoms with Crippen LogP contribution in [0.2, 0.25) is 0 Å². The zero-order chi connectivity index (χ0) is 25.8. The number of hydrogen-bond donors (Lipinski definition) is 2. The van der Waals surface area contributed by atoms with Crippen LogP contribution < -0.4 is 15.0 Å². The number of hydrogen-bond acceptors (Lipinski definition) is 8. The first-order chi connectivity index (χ1) is 18.0. The molecule has 0 radical (unpaired) electrons. The van der Waals surface area contributed by atoms with Crippen molar-refractivity contribution in [2.24, 2.45) is 0 Å². The lowest BCUT2D eigenvalue weighted by atomic mass is 10.2. The van der Waals surface area contributed by atoms with E-state index in [9.17, 15) is 9.18 Å². The van der Waals surface area contributed by atoms with Crippen LogP contribution in [-0.4, -0.2) is 17.1 Å². The number of halogens is 1. The van der Waals surface area contributed by atoms with Crippen molar-refractivity contribution in [1.82, 2.24) is 9.97 Å². The highest BCUT2D eigenvalue weighted by Crippen LogP contribution is 2.37. The van der Waals surface area contributed by atoms with Gasteiger partial charge in [0.25, 0.3) is 5.56 Å². The number of anilines is 1. The molecule has 0 fully saturated rings. The molecule has 0 saturated heterocycles. The van der Waals surface area contributed by atoms with Gasteiger partial charge in [-0.1, -0.05) is 23.9 Å². The molecule has 37 heavy (non-hydrogen) atoms. The van der Waals surface area contributed by atoms with Gasteiger partial charge in [-0.3, -0.25) is 4.79 Å². The number of H-pyrrole nitrogens is 1. The second-order valence-electron chi connectivity index (χ2n) is 7.96. The second kappa shape index (κ2) is 11.6. The Morgan fingerprint density at radius 1 is 1.05 bits per heavy atom. The molecule has 0 atom stereocenters. The largest absolute Gasteiger partial charge is 0.496 e. The number of methoxy groups -OCH3 is 1. The molecule has 0 unspecified atom stereocenters. The summed E-state index contributed by atoms with van der Waals surface area (Å²) >= 11 is 6.18. The van der Waals surface area contributed by atoms with E-state index < -0.39 is 0 Å². The SMILES string of the molecule is COc1cc(NSc2ccc(F)cc2)ccc1CSc1nc(-c2ccc(-c3cccs3)s2)c(C)c(=O)[nH]1. The van der Waals surface area contributed by atoms with Gasteiger partial charge < -0.3 is 14.4 Å². The molecule has 10 heteroatoms. The Kier molecular flexibility index (Phi) is 7.99. The minimum Gasteiger partial charge on any atom is -0.496 e. The normalized spacial score (nSPS) is 11.0. The fourth-order valence-electron chi connectivity index (χ4n) is 3.53. The molecule has 0 saturated carbocycles. The Morgan fingerprint density at radius 3 is 2.62 bits per heavy atom. The number of ether oxygens (including phenoxy) is 1. The standard InChI is InChI=1S/C27H22FN3O2S4/c1-16-25(24-12-11-23(36-24)22-4-3-13-34-22)29-27(30-26(16)32)35-15-17-5-8-19(14-21(17)33-2)31-37-20-9-6-18(28)7-10-20/h3-14,31H,15H2,1-2H3,(H,29,30,32). The topological polar surface area (TPSA) is 67.0 Å². The van der Waals surface area contributed by atoms with Crippen molar-refractivity contribution < 1.29 is 9.13 Å². The van der Waals surface area contributed by atoms with Gasteiger partial charge in [0.05, 0.1) is 17.7 Å². The molecule has 0 amide bonds. The highest BCUT2D eigenvalue weighted by molar-refractivity contribution is 8.00. The van der Waals surface area contributed by atoms with Crippen LogP contribution in [0.5, 0.6) is 5.75 Å². The van der Waals surface area contributed by atoms with Gasteiger partial charge in [-0.2, -0.15) is 0 Å². The van der Waals surface area contributed by atoms with Crippen molar-refractivity contribution in [3.8, 4) is 26.1 Å². The van der Waals surface area contributed by atoms with Crippen molar-refractivity contribution in [2.75, 3.05) is 11.8 Å². The molecule has 5 aromatic rings. The maximum atomic E-state index is 13.1. The number of nitrogens with one attached hydrogen (secondary N) is 2. The average molecular weight is 568 g/mol. The molecule has 0 aliphatic rings. The molecular weight excluding hydrogens is 546 g/mol. The van der Waals surface area contributed by atoms with Gasteiger partial charge in [-0.25, -0.2) is 9.37 Å². The van der Waals surface area contributed by atoms with Crippen LogP contribution in [-0.2, 0) is 5.75 Å². The summed E-state index contributed by atoms with van der Waals surface area (Å²) in [6.07, 6.45) is 0. The van der Waals surface area contributed by atoms with Gasteiger partial charge in [0.15, 0.2) is 5.16 Å². The Labute approximate surface area is 230 Å². The Bertz CT molecular complexity index is 1560. The first kappa shape index (κ1) is 25.6.